The second kappa shape index (κ2) is 3.21. The molecule has 2 heteroatoms. The lowest BCUT2D eigenvalue weighted by Gasteiger charge is -2.58. The van der Waals surface area contributed by atoms with Crippen molar-refractivity contribution in [3.63, 3.8) is 0 Å². The first kappa shape index (κ1) is 13.9. The summed E-state index contributed by atoms with van der Waals surface area (Å²) in [6.07, 6.45) is 0. The van der Waals surface area contributed by atoms with Gasteiger partial charge >= 0.3 is 0 Å². The van der Waals surface area contributed by atoms with Gasteiger partial charge in [-0.05, 0) is 24.7 Å². The largest absolute Gasteiger partial charge is 0.324 e. The van der Waals surface area contributed by atoms with Crippen LogP contribution in [-0.2, 0) is 0 Å². The molecule has 0 saturated carbocycles. The van der Waals surface area contributed by atoms with Crippen LogP contribution >= 0.6 is 0 Å². The maximum atomic E-state index is 6.60. The summed E-state index contributed by atoms with van der Waals surface area (Å²) in [6.45, 7) is 17.0. The molecule has 0 aromatic heterocycles. The fraction of sp³-hybridized carbons (Fsp3) is 1.00. The highest BCUT2D eigenvalue weighted by Gasteiger charge is 2.55. The Morgan fingerprint density at radius 1 is 0.571 bits per heavy atom. The molecule has 0 saturated heterocycles. The van der Waals surface area contributed by atoms with Crippen molar-refractivity contribution in [1.82, 2.24) is 0 Å². The quantitative estimate of drug-likeness (QED) is 0.683. The molecule has 0 aromatic carbocycles. The first-order valence-corrected chi connectivity index (χ1v) is 5.33. The van der Waals surface area contributed by atoms with Crippen molar-refractivity contribution < 1.29 is 0 Å². The van der Waals surface area contributed by atoms with Crippen LogP contribution in [0.4, 0.5) is 0 Å². The molecular weight excluding hydrogens is 172 g/mol. The Bertz CT molecular complexity index is 162. The summed E-state index contributed by atoms with van der Waals surface area (Å²) in [7, 11) is 0. The Balaban J connectivity index is 5.54. The Morgan fingerprint density at radius 3 is 0.786 bits per heavy atom. The lowest BCUT2D eigenvalue weighted by atomic mass is 9.53. The first-order valence-electron chi connectivity index (χ1n) is 5.33. The number of nitrogens with two attached hydrogens (primary N) is 2. The summed E-state index contributed by atoms with van der Waals surface area (Å²) in [5, 5.41) is 0. The van der Waals surface area contributed by atoms with Crippen molar-refractivity contribution >= 4 is 0 Å². The number of hydrogen-bond donors (Lipinski definition) is 2. The molecule has 0 fully saturated rings. The lowest BCUT2D eigenvalue weighted by molar-refractivity contribution is 0.00119. The van der Waals surface area contributed by atoms with E-state index in [0.717, 1.165) is 0 Å². The summed E-state index contributed by atoms with van der Waals surface area (Å²) >= 11 is 0. The van der Waals surface area contributed by atoms with E-state index in [1.807, 2.05) is 13.8 Å². The third kappa shape index (κ3) is 1.96. The zero-order valence-electron chi connectivity index (χ0n) is 11.2. The van der Waals surface area contributed by atoms with Gasteiger partial charge in [-0.15, -0.1) is 0 Å². The Kier molecular flexibility index (Phi) is 3.19. The van der Waals surface area contributed by atoms with Crippen molar-refractivity contribution in [2.45, 2.75) is 66.5 Å². The second-order valence-electron chi connectivity index (χ2n) is 7.03. The van der Waals surface area contributed by atoms with Gasteiger partial charge in [0.2, 0.25) is 0 Å². The van der Waals surface area contributed by atoms with Gasteiger partial charge in [-0.25, -0.2) is 0 Å². The van der Waals surface area contributed by atoms with E-state index in [4.69, 9.17) is 11.5 Å². The van der Waals surface area contributed by atoms with E-state index in [1.165, 1.54) is 0 Å². The highest BCUT2D eigenvalue weighted by molar-refractivity contribution is 5.14. The molecule has 0 bridgehead atoms. The van der Waals surface area contributed by atoms with Crippen LogP contribution in [0.3, 0.4) is 0 Å². The normalized spacial score (nSPS) is 15.9. The SMILES string of the molecule is CC(C)(C)C(N)(C(C)(C)C)C(C)(C)N. The molecule has 0 heterocycles. The van der Waals surface area contributed by atoms with Crippen LogP contribution in [0.15, 0.2) is 0 Å². The summed E-state index contributed by atoms with van der Waals surface area (Å²) in [5.74, 6) is 0. The fourth-order valence-electron chi connectivity index (χ4n) is 3.06. The molecule has 4 N–H and O–H groups in total. The summed E-state index contributed by atoms with van der Waals surface area (Å²) in [4.78, 5) is 0. The molecule has 0 rings (SSSR count). The smallest absolute Gasteiger partial charge is 0.0429 e. The molecule has 0 amide bonds. The summed E-state index contributed by atoms with van der Waals surface area (Å²) in [5.41, 5.74) is 12.0. The Morgan fingerprint density at radius 2 is 0.786 bits per heavy atom. The maximum Gasteiger partial charge on any atom is 0.0429 e. The third-order valence-corrected chi connectivity index (χ3v) is 3.38. The molecular formula is C12H28N2. The topological polar surface area (TPSA) is 52.0 Å². The lowest BCUT2D eigenvalue weighted by Crippen LogP contribution is -2.74. The first-order chi connectivity index (χ1) is 5.75. The molecule has 2 nitrogen and oxygen atoms in total. The Labute approximate surface area is 89.4 Å². The monoisotopic (exact) mass is 200 g/mol. The predicted octanol–water partition coefficient (Wildman–Crippen LogP) is 2.51. The molecule has 0 aromatic rings. The van der Waals surface area contributed by atoms with Gasteiger partial charge in [0.1, 0.15) is 0 Å². The molecule has 0 unspecified atom stereocenters. The molecule has 0 aliphatic rings. The van der Waals surface area contributed by atoms with Crippen molar-refractivity contribution in [2.24, 2.45) is 22.3 Å². The van der Waals surface area contributed by atoms with E-state index in [1.54, 1.807) is 0 Å². The van der Waals surface area contributed by atoms with Gasteiger partial charge < -0.3 is 11.5 Å². The highest BCUT2D eigenvalue weighted by atomic mass is 15.0. The second-order valence-corrected chi connectivity index (χ2v) is 7.03. The molecule has 14 heavy (non-hydrogen) atoms. The predicted molar refractivity (Wildman–Crippen MR) is 64.1 cm³/mol. The zero-order valence-corrected chi connectivity index (χ0v) is 11.2. The van der Waals surface area contributed by atoms with Crippen LogP contribution in [0.5, 0.6) is 0 Å². The van der Waals surface area contributed by atoms with E-state index in [2.05, 4.69) is 41.5 Å². The van der Waals surface area contributed by atoms with Gasteiger partial charge in [-0.1, -0.05) is 41.5 Å². The minimum atomic E-state index is -0.410. The molecule has 86 valence electrons. The van der Waals surface area contributed by atoms with Crippen LogP contribution in [0, 0.1) is 10.8 Å². The van der Waals surface area contributed by atoms with Gasteiger partial charge in [0, 0.05) is 11.1 Å². The van der Waals surface area contributed by atoms with Crippen molar-refractivity contribution in [3.8, 4) is 0 Å². The molecule has 0 aliphatic heterocycles. The van der Waals surface area contributed by atoms with Gasteiger partial charge in [0.15, 0.2) is 0 Å². The highest BCUT2D eigenvalue weighted by Crippen LogP contribution is 2.47. The number of hydrogen-bond acceptors (Lipinski definition) is 2. The summed E-state index contributed by atoms with van der Waals surface area (Å²) < 4.78 is 0. The average molecular weight is 200 g/mol. The van der Waals surface area contributed by atoms with Gasteiger partial charge in [0.25, 0.3) is 0 Å². The standard InChI is InChI=1S/C12H28N2/c1-9(2,3)12(14,10(4,5)6)11(7,8)13/h13-14H2,1-8H3. The van der Waals surface area contributed by atoms with Crippen LogP contribution in [-0.4, -0.2) is 11.1 Å². The summed E-state index contributed by atoms with van der Waals surface area (Å²) in [6, 6.07) is 0. The van der Waals surface area contributed by atoms with Crippen molar-refractivity contribution in [1.29, 1.82) is 0 Å². The van der Waals surface area contributed by atoms with Crippen molar-refractivity contribution in [3.05, 3.63) is 0 Å². The molecule has 0 aliphatic carbocycles. The molecule has 0 atom stereocenters. The molecule has 0 radical (unpaired) electrons. The van der Waals surface area contributed by atoms with Crippen LogP contribution < -0.4 is 11.5 Å². The van der Waals surface area contributed by atoms with E-state index in [9.17, 15) is 0 Å². The van der Waals surface area contributed by atoms with E-state index in [-0.39, 0.29) is 10.8 Å². The zero-order chi connectivity index (χ0) is 12.0. The van der Waals surface area contributed by atoms with Crippen LogP contribution in [0.2, 0.25) is 0 Å². The van der Waals surface area contributed by atoms with Gasteiger partial charge in [0.05, 0.1) is 0 Å². The van der Waals surface area contributed by atoms with Crippen LogP contribution in [0.25, 0.3) is 0 Å². The third-order valence-electron chi connectivity index (χ3n) is 3.38. The fourth-order valence-corrected chi connectivity index (χ4v) is 3.06. The van der Waals surface area contributed by atoms with Crippen molar-refractivity contribution in [2.75, 3.05) is 0 Å². The van der Waals surface area contributed by atoms with Gasteiger partial charge in [-0.3, -0.25) is 0 Å². The maximum absolute atomic E-state index is 6.60. The number of rotatable bonds is 1. The average Bonchev–Trinajstić information content (AvgIpc) is 1.77. The minimum Gasteiger partial charge on any atom is -0.324 e. The van der Waals surface area contributed by atoms with E-state index >= 15 is 0 Å². The molecule has 0 spiro atoms. The Hall–Kier alpha value is -0.0800. The van der Waals surface area contributed by atoms with Gasteiger partial charge in [-0.2, -0.15) is 0 Å². The minimum absolute atomic E-state index is 0.0243. The van der Waals surface area contributed by atoms with E-state index in [0.29, 0.717) is 0 Å². The van der Waals surface area contributed by atoms with Crippen LogP contribution in [0.1, 0.15) is 55.4 Å². The van der Waals surface area contributed by atoms with E-state index < -0.39 is 11.1 Å².